The lowest BCUT2D eigenvalue weighted by atomic mass is 9.95. The number of piperidine rings is 1. The van der Waals surface area contributed by atoms with Crippen LogP contribution >= 0.6 is 0 Å². The fourth-order valence-electron chi connectivity index (χ4n) is 2.65. The number of hydrogen-bond donors (Lipinski definition) is 1. The van der Waals surface area contributed by atoms with Crippen molar-refractivity contribution in [3.63, 3.8) is 0 Å². The van der Waals surface area contributed by atoms with Crippen molar-refractivity contribution >= 4 is 5.91 Å². The van der Waals surface area contributed by atoms with Gasteiger partial charge in [-0.25, -0.2) is 0 Å². The molecule has 2 N–H and O–H groups in total. The molecule has 92 valence electrons. The molecule has 0 spiro atoms. The first kappa shape index (κ1) is 11.9. The van der Waals surface area contributed by atoms with E-state index < -0.39 is 0 Å². The van der Waals surface area contributed by atoms with Crippen molar-refractivity contribution in [2.45, 2.75) is 25.7 Å². The molecule has 2 aliphatic rings. The number of hydrogen-bond acceptors (Lipinski definition) is 3. The van der Waals surface area contributed by atoms with Gasteiger partial charge in [0.15, 0.2) is 0 Å². The molecule has 2 heterocycles. The van der Waals surface area contributed by atoms with E-state index in [0.717, 1.165) is 39.0 Å². The fraction of sp³-hybridized carbons (Fsp3) is 0.917. The predicted molar refractivity (Wildman–Crippen MR) is 61.9 cm³/mol. The summed E-state index contributed by atoms with van der Waals surface area (Å²) in [6, 6.07) is 0. The lowest BCUT2D eigenvalue weighted by Gasteiger charge is -2.35. The molecule has 2 unspecified atom stereocenters. The van der Waals surface area contributed by atoms with Crippen LogP contribution in [0.15, 0.2) is 0 Å². The molecule has 4 heteroatoms. The minimum absolute atomic E-state index is 0.102. The first-order valence-electron chi connectivity index (χ1n) is 6.38. The van der Waals surface area contributed by atoms with E-state index in [1.54, 1.807) is 0 Å². The van der Waals surface area contributed by atoms with Gasteiger partial charge in [-0.2, -0.15) is 0 Å². The summed E-state index contributed by atoms with van der Waals surface area (Å²) in [4.78, 5) is 14.2. The molecule has 1 amide bonds. The van der Waals surface area contributed by atoms with E-state index in [1.807, 2.05) is 4.90 Å². The molecule has 4 nitrogen and oxygen atoms in total. The highest BCUT2D eigenvalue weighted by Gasteiger charge is 2.29. The average molecular weight is 226 g/mol. The Kier molecular flexibility index (Phi) is 4.18. The zero-order valence-electron chi connectivity index (χ0n) is 9.86. The number of amides is 1. The predicted octanol–water partition coefficient (Wildman–Crippen LogP) is 0.610. The van der Waals surface area contributed by atoms with Crippen LogP contribution in [-0.2, 0) is 9.53 Å². The first-order chi connectivity index (χ1) is 7.81. The van der Waals surface area contributed by atoms with Gasteiger partial charge in [-0.1, -0.05) is 0 Å². The summed E-state index contributed by atoms with van der Waals surface area (Å²) in [5.74, 6) is 0.894. The number of carbonyl (C=O) groups is 1. The number of likely N-dealkylation sites (tertiary alicyclic amines) is 1. The molecule has 2 saturated heterocycles. The highest BCUT2D eigenvalue weighted by molar-refractivity contribution is 5.79. The second-order valence-corrected chi connectivity index (χ2v) is 4.94. The van der Waals surface area contributed by atoms with E-state index in [0.29, 0.717) is 19.1 Å². The third kappa shape index (κ3) is 2.74. The molecule has 2 atom stereocenters. The molecule has 0 saturated carbocycles. The van der Waals surface area contributed by atoms with Crippen LogP contribution in [0.5, 0.6) is 0 Å². The minimum atomic E-state index is 0.102. The van der Waals surface area contributed by atoms with Gasteiger partial charge in [0.2, 0.25) is 5.91 Å². The third-order valence-corrected chi connectivity index (χ3v) is 3.67. The molecule has 0 aliphatic carbocycles. The summed E-state index contributed by atoms with van der Waals surface area (Å²) in [7, 11) is 0. The smallest absolute Gasteiger partial charge is 0.228 e. The van der Waals surface area contributed by atoms with Crippen molar-refractivity contribution in [2.75, 3.05) is 32.8 Å². The maximum atomic E-state index is 12.2. The Bertz CT molecular complexity index is 239. The molecular formula is C12H22N2O2. The van der Waals surface area contributed by atoms with Gasteiger partial charge in [-0.15, -0.1) is 0 Å². The Balaban J connectivity index is 1.87. The molecule has 2 aliphatic heterocycles. The zero-order valence-corrected chi connectivity index (χ0v) is 9.86. The largest absolute Gasteiger partial charge is 0.381 e. The van der Waals surface area contributed by atoms with Crippen LogP contribution in [0.3, 0.4) is 0 Å². The minimum Gasteiger partial charge on any atom is -0.381 e. The van der Waals surface area contributed by atoms with E-state index in [9.17, 15) is 4.79 Å². The van der Waals surface area contributed by atoms with Crippen LogP contribution in [0.4, 0.5) is 0 Å². The van der Waals surface area contributed by atoms with E-state index in [2.05, 4.69) is 0 Å². The first-order valence-corrected chi connectivity index (χ1v) is 6.38. The normalized spacial score (nSPS) is 31.4. The lowest BCUT2D eigenvalue weighted by Crippen LogP contribution is -2.46. The monoisotopic (exact) mass is 226 g/mol. The van der Waals surface area contributed by atoms with Gasteiger partial charge in [-0.3, -0.25) is 4.79 Å². The number of ether oxygens (including phenoxy) is 1. The van der Waals surface area contributed by atoms with Gasteiger partial charge in [0.25, 0.3) is 0 Å². The lowest BCUT2D eigenvalue weighted by molar-refractivity contribution is -0.141. The number of carbonyl (C=O) groups excluding carboxylic acids is 1. The number of rotatable bonds is 2. The summed E-state index contributed by atoms with van der Waals surface area (Å²) in [6.45, 7) is 3.89. The molecule has 16 heavy (non-hydrogen) atoms. The van der Waals surface area contributed by atoms with Gasteiger partial charge in [0, 0.05) is 19.7 Å². The Morgan fingerprint density at radius 1 is 1.38 bits per heavy atom. The maximum Gasteiger partial charge on any atom is 0.228 e. The van der Waals surface area contributed by atoms with Crippen LogP contribution in [0.25, 0.3) is 0 Å². The Hall–Kier alpha value is -0.610. The van der Waals surface area contributed by atoms with Crippen LogP contribution in [0.2, 0.25) is 0 Å². The second kappa shape index (κ2) is 5.64. The van der Waals surface area contributed by atoms with E-state index in [-0.39, 0.29) is 11.8 Å². The SMILES string of the molecule is NCC1CCCN(C(=O)C2CCCOC2)C1. The van der Waals surface area contributed by atoms with Crippen molar-refractivity contribution in [2.24, 2.45) is 17.6 Å². The summed E-state index contributed by atoms with van der Waals surface area (Å²) in [5.41, 5.74) is 5.68. The van der Waals surface area contributed by atoms with Crippen molar-refractivity contribution < 1.29 is 9.53 Å². The molecular weight excluding hydrogens is 204 g/mol. The summed E-state index contributed by atoms with van der Waals surface area (Å²) in [6.07, 6.45) is 4.27. The third-order valence-electron chi connectivity index (χ3n) is 3.67. The molecule has 0 bridgehead atoms. The van der Waals surface area contributed by atoms with Gasteiger partial charge >= 0.3 is 0 Å². The van der Waals surface area contributed by atoms with Crippen molar-refractivity contribution in [1.29, 1.82) is 0 Å². The van der Waals surface area contributed by atoms with Gasteiger partial charge in [-0.05, 0) is 38.1 Å². The van der Waals surface area contributed by atoms with Crippen LogP contribution in [0.1, 0.15) is 25.7 Å². The molecule has 2 fully saturated rings. The summed E-state index contributed by atoms with van der Waals surface area (Å²) >= 11 is 0. The summed E-state index contributed by atoms with van der Waals surface area (Å²) in [5, 5.41) is 0. The maximum absolute atomic E-state index is 12.2. The average Bonchev–Trinajstić information content (AvgIpc) is 2.39. The van der Waals surface area contributed by atoms with Crippen molar-refractivity contribution in [3.05, 3.63) is 0 Å². The van der Waals surface area contributed by atoms with Crippen LogP contribution in [0, 0.1) is 11.8 Å². The highest BCUT2D eigenvalue weighted by Crippen LogP contribution is 2.21. The Morgan fingerprint density at radius 3 is 2.94 bits per heavy atom. The fourth-order valence-corrected chi connectivity index (χ4v) is 2.65. The van der Waals surface area contributed by atoms with Crippen LogP contribution < -0.4 is 5.73 Å². The Labute approximate surface area is 97.1 Å². The Morgan fingerprint density at radius 2 is 2.25 bits per heavy atom. The standard InChI is InChI=1S/C12H22N2O2/c13-7-10-3-1-5-14(8-10)12(15)11-4-2-6-16-9-11/h10-11H,1-9,13H2. The van der Waals surface area contributed by atoms with Crippen molar-refractivity contribution in [3.8, 4) is 0 Å². The summed E-state index contributed by atoms with van der Waals surface area (Å²) < 4.78 is 5.38. The number of nitrogens with two attached hydrogens (primary N) is 1. The highest BCUT2D eigenvalue weighted by atomic mass is 16.5. The zero-order chi connectivity index (χ0) is 11.4. The van der Waals surface area contributed by atoms with Gasteiger partial charge in [0.1, 0.15) is 0 Å². The van der Waals surface area contributed by atoms with Crippen LogP contribution in [-0.4, -0.2) is 43.7 Å². The van der Waals surface area contributed by atoms with E-state index in [1.165, 1.54) is 6.42 Å². The quantitative estimate of drug-likeness (QED) is 0.750. The molecule has 2 rings (SSSR count). The second-order valence-electron chi connectivity index (χ2n) is 4.94. The van der Waals surface area contributed by atoms with E-state index >= 15 is 0 Å². The topological polar surface area (TPSA) is 55.6 Å². The van der Waals surface area contributed by atoms with Crippen molar-refractivity contribution in [1.82, 2.24) is 4.90 Å². The van der Waals surface area contributed by atoms with E-state index in [4.69, 9.17) is 10.5 Å². The molecule has 0 aromatic heterocycles. The van der Waals surface area contributed by atoms with Gasteiger partial charge in [0.05, 0.1) is 12.5 Å². The van der Waals surface area contributed by atoms with Gasteiger partial charge < -0.3 is 15.4 Å². The molecule has 0 radical (unpaired) electrons. The number of nitrogens with zero attached hydrogens (tertiary/aromatic N) is 1. The molecule has 0 aromatic rings. The molecule has 0 aromatic carbocycles.